The fourth-order valence-corrected chi connectivity index (χ4v) is 4.27. The van der Waals surface area contributed by atoms with Crippen molar-refractivity contribution in [3.63, 3.8) is 0 Å². The first-order valence-electron chi connectivity index (χ1n) is 7.99. The van der Waals surface area contributed by atoms with Gasteiger partial charge in [0.05, 0.1) is 22.6 Å². The van der Waals surface area contributed by atoms with Crippen molar-refractivity contribution in [1.29, 1.82) is 0 Å². The molecule has 7 nitrogen and oxygen atoms in total. The topological polar surface area (TPSA) is 95.1 Å². The van der Waals surface area contributed by atoms with Crippen molar-refractivity contribution in [2.45, 2.75) is 6.92 Å². The Balaban J connectivity index is 1.97. The lowest BCUT2D eigenvalue weighted by atomic mass is 10.1. The normalized spacial score (nSPS) is 10.9. The largest absolute Gasteiger partial charge is 0.492 e. The molecule has 2 heterocycles. The standard InChI is InChI=1S/C17H17BrClN5O2S/c1-9-15(27-17(18)22-9)16(25)23-10-3-4-13(26-6-5-20)11(7-10)14-12(19)8-21-24(14)2/h3-4,7-8H,5-6,20H2,1-2H3,(H,23,25). The zero-order valence-corrected chi connectivity index (χ0v) is 17.8. The van der Waals surface area contributed by atoms with Crippen LogP contribution in [0, 0.1) is 6.92 Å². The number of nitrogens with zero attached hydrogens (tertiary/aromatic N) is 3. The number of aryl methyl sites for hydroxylation is 2. The third kappa shape index (κ3) is 4.32. The van der Waals surface area contributed by atoms with Gasteiger partial charge in [0, 0.05) is 24.8 Å². The van der Waals surface area contributed by atoms with E-state index in [1.54, 1.807) is 43.0 Å². The van der Waals surface area contributed by atoms with Crippen molar-refractivity contribution in [3.05, 3.63) is 43.9 Å². The number of aromatic nitrogens is 3. The molecule has 0 saturated heterocycles. The first-order chi connectivity index (χ1) is 12.9. The first kappa shape index (κ1) is 19.8. The van der Waals surface area contributed by atoms with Gasteiger partial charge in [0.1, 0.15) is 17.2 Å². The third-order valence-corrected chi connectivity index (χ3v) is 5.62. The Morgan fingerprint density at radius 1 is 1.48 bits per heavy atom. The van der Waals surface area contributed by atoms with Crippen LogP contribution in [0.25, 0.3) is 11.3 Å². The molecule has 0 aliphatic rings. The molecule has 0 aliphatic heterocycles. The molecule has 3 N–H and O–H groups in total. The number of nitrogens with one attached hydrogen (secondary N) is 1. The summed E-state index contributed by atoms with van der Waals surface area (Å²) in [5, 5.41) is 7.55. The average Bonchev–Trinajstić information content (AvgIpc) is 3.14. The first-order valence-corrected chi connectivity index (χ1v) is 9.98. The van der Waals surface area contributed by atoms with Crippen molar-refractivity contribution >= 4 is 50.5 Å². The van der Waals surface area contributed by atoms with E-state index in [1.165, 1.54) is 11.3 Å². The summed E-state index contributed by atoms with van der Waals surface area (Å²) in [6, 6.07) is 5.35. The van der Waals surface area contributed by atoms with Crippen LogP contribution in [0.5, 0.6) is 5.75 Å². The number of carbonyl (C=O) groups excluding carboxylic acids is 1. The van der Waals surface area contributed by atoms with E-state index >= 15 is 0 Å². The predicted molar refractivity (Wildman–Crippen MR) is 111 cm³/mol. The van der Waals surface area contributed by atoms with Crippen LogP contribution in [-0.4, -0.2) is 33.8 Å². The molecule has 142 valence electrons. The maximum Gasteiger partial charge on any atom is 0.267 e. The minimum atomic E-state index is -0.228. The van der Waals surface area contributed by atoms with Crippen LogP contribution in [0.1, 0.15) is 15.4 Å². The summed E-state index contributed by atoms with van der Waals surface area (Å²) in [4.78, 5) is 17.3. The Kier molecular flexibility index (Phi) is 6.15. The Bertz CT molecular complexity index is 968. The smallest absolute Gasteiger partial charge is 0.267 e. The van der Waals surface area contributed by atoms with Crippen molar-refractivity contribution in [1.82, 2.24) is 14.8 Å². The molecule has 0 spiro atoms. The van der Waals surface area contributed by atoms with E-state index in [-0.39, 0.29) is 5.91 Å². The molecule has 3 aromatic rings. The number of benzene rings is 1. The highest BCUT2D eigenvalue weighted by atomic mass is 79.9. The fourth-order valence-electron chi connectivity index (χ4n) is 2.56. The van der Waals surface area contributed by atoms with Gasteiger partial charge in [0.25, 0.3) is 5.91 Å². The van der Waals surface area contributed by atoms with Crippen LogP contribution in [0.4, 0.5) is 5.69 Å². The maximum absolute atomic E-state index is 12.6. The molecule has 10 heteroatoms. The minimum Gasteiger partial charge on any atom is -0.492 e. The molecule has 2 aromatic heterocycles. The quantitative estimate of drug-likeness (QED) is 0.570. The summed E-state index contributed by atoms with van der Waals surface area (Å²) in [5.74, 6) is 0.383. The highest BCUT2D eigenvalue weighted by Gasteiger charge is 2.18. The van der Waals surface area contributed by atoms with Crippen molar-refractivity contribution in [2.75, 3.05) is 18.5 Å². The number of thiazole rings is 1. The molecule has 0 unspecified atom stereocenters. The molecule has 0 atom stereocenters. The lowest BCUT2D eigenvalue weighted by Gasteiger charge is -2.14. The van der Waals surface area contributed by atoms with Gasteiger partial charge in [0.2, 0.25) is 0 Å². The van der Waals surface area contributed by atoms with Gasteiger partial charge in [-0.25, -0.2) is 4.98 Å². The molecule has 1 aromatic carbocycles. The van der Waals surface area contributed by atoms with E-state index in [9.17, 15) is 4.79 Å². The molecule has 0 radical (unpaired) electrons. The number of ether oxygens (including phenoxy) is 1. The Labute approximate surface area is 173 Å². The van der Waals surface area contributed by atoms with Gasteiger partial charge in [-0.1, -0.05) is 11.6 Å². The molecule has 0 fully saturated rings. The SMILES string of the molecule is Cc1nc(Br)sc1C(=O)Nc1ccc(OCCN)c(-c2c(Cl)cnn2C)c1. The third-order valence-electron chi connectivity index (χ3n) is 3.74. The van der Waals surface area contributed by atoms with Crippen LogP contribution in [-0.2, 0) is 7.05 Å². The van der Waals surface area contributed by atoms with E-state index in [0.717, 1.165) is 0 Å². The number of anilines is 1. The number of halogens is 2. The lowest BCUT2D eigenvalue weighted by molar-refractivity contribution is 0.103. The Morgan fingerprint density at radius 3 is 2.85 bits per heavy atom. The summed E-state index contributed by atoms with van der Waals surface area (Å²) >= 11 is 10.9. The van der Waals surface area contributed by atoms with E-state index in [2.05, 4.69) is 31.3 Å². The second kappa shape index (κ2) is 8.39. The zero-order chi connectivity index (χ0) is 19.6. The molecule has 0 aliphatic carbocycles. The number of carbonyl (C=O) groups is 1. The van der Waals surface area contributed by atoms with Gasteiger partial charge >= 0.3 is 0 Å². The van der Waals surface area contributed by atoms with Gasteiger partial charge in [-0.3, -0.25) is 9.48 Å². The fraction of sp³-hybridized carbons (Fsp3) is 0.235. The molecule has 3 rings (SSSR count). The van der Waals surface area contributed by atoms with Gasteiger partial charge in [0.15, 0.2) is 3.92 Å². The number of rotatable bonds is 6. The molecular formula is C17H17BrClN5O2S. The number of hydrogen-bond donors (Lipinski definition) is 2. The van der Waals surface area contributed by atoms with Crippen molar-refractivity contribution in [2.24, 2.45) is 12.8 Å². The zero-order valence-electron chi connectivity index (χ0n) is 14.6. The van der Waals surface area contributed by atoms with Crippen LogP contribution in [0.15, 0.2) is 28.3 Å². The maximum atomic E-state index is 12.6. The summed E-state index contributed by atoms with van der Waals surface area (Å²) in [5.41, 5.74) is 8.23. The van der Waals surface area contributed by atoms with E-state index < -0.39 is 0 Å². The van der Waals surface area contributed by atoms with Gasteiger partial charge in [-0.05, 0) is 41.1 Å². The highest BCUT2D eigenvalue weighted by Crippen LogP contribution is 2.36. The van der Waals surface area contributed by atoms with Crippen LogP contribution in [0.3, 0.4) is 0 Å². The number of hydrogen-bond acceptors (Lipinski definition) is 6. The molecular weight excluding hydrogens is 454 g/mol. The van der Waals surface area contributed by atoms with Crippen LogP contribution in [0.2, 0.25) is 5.02 Å². The summed E-state index contributed by atoms with van der Waals surface area (Å²) in [6.45, 7) is 2.54. The molecule has 0 saturated carbocycles. The summed E-state index contributed by atoms with van der Waals surface area (Å²) in [7, 11) is 1.79. The van der Waals surface area contributed by atoms with Gasteiger partial charge in [-0.2, -0.15) is 5.10 Å². The summed E-state index contributed by atoms with van der Waals surface area (Å²) in [6.07, 6.45) is 1.56. The highest BCUT2D eigenvalue weighted by molar-refractivity contribution is 9.11. The van der Waals surface area contributed by atoms with E-state index in [4.69, 9.17) is 22.1 Å². The van der Waals surface area contributed by atoms with E-state index in [0.29, 0.717) is 55.4 Å². The van der Waals surface area contributed by atoms with E-state index in [1.807, 2.05) is 0 Å². The monoisotopic (exact) mass is 469 g/mol. The average molecular weight is 471 g/mol. The second-order valence-corrected chi connectivity index (χ2v) is 8.33. The van der Waals surface area contributed by atoms with Crippen LogP contribution >= 0.6 is 38.9 Å². The van der Waals surface area contributed by atoms with Gasteiger partial charge in [-0.15, -0.1) is 11.3 Å². The molecule has 0 bridgehead atoms. The molecule has 27 heavy (non-hydrogen) atoms. The van der Waals surface area contributed by atoms with Crippen LogP contribution < -0.4 is 15.8 Å². The minimum absolute atomic E-state index is 0.228. The number of nitrogens with two attached hydrogens (primary N) is 1. The van der Waals surface area contributed by atoms with Gasteiger partial charge < -0.3 is 15.8 Å². The Hall–Kier alpha value is -1.94. The predicted octanol–water partition coefficient (Wildman–Crippen LogP) is 3.86. The second-order valence-electron chi connectivity index (χ2n) is 5.65. The summed E-state index contributed by atoms with van der Waals surface area (Å²) < 4.78 is 8.06. The number of amides is 1. The Morgan fingerprint density at radius 2 is 2.26 bits per heavy atom. The van der Waals surface area contributed by atoms with Crippen molar-refractivity contribution < 1.29 is 9.53 Å². The lowest BCUT2D eigenvalue weighted by Crippen LogP contribution is -2.13. The van der Waals surface area contributed by atoms with Crippen molar-refractivity contribution in [3.8, 4) is 17.0 Å². The molecule has 1 amide bonds.